The molecule has 0 bridgehead atoms. The summed E-state index contributed by atoms with van der Waals surface area (Å²) >= 11 is 1.66. The molecule has 2 N–H and O–H groups in total. The van der Waals surface area contributed by atoms with Crippen LogP contribution in [-0.4, -0.2) is 19.2 Å². The summed E-state index contributed by atoms with van der Waals surface area (Å²) in [4.78, 5) is 5.67. The van der Waals surface area contributed by atoms with Crippen molar-refractivity contribution < 1.29 is 9.47 Å². The van der Waals surface area contributed by atoms with E-state index < -0.39 is 0 Å². The van der Waals surface area contributed by atoms with Crippen LogP contribution in [0.15, 0.2) is 18.2 Å². The fraction of sp³-hybridized carbons (Fsp3) is 0.357. The third-order valence-electron chi connectivity index (χ3n) is 2.89. The zero-order valence-electron chi connectivity index (χ0n) is 11.4. The topological polar surface area (TPSA) is 57.4 Å². The number of nitrogens with zero attached hydrogens (tertiary/aromatic N) is 1. The van der Waals surface area contributed by atoms with Gasteiger partial charge < -0.3 is 15.2 Å². The Labute approximate surface area is 117 Å². The van der Waals surface area contributed by atoms with Gasteiger partial charge in [-0.1, -0.05) is 0 Å². The van der Waals surface area contributed by atoms with Crippen molar-refractivity contribution in [1.82, 2.24) is 4.98 Å². The smallest absolute Gasteiger partial charge is 0.122 e. The highest BCUT2D eigenvalue weighted by molar-refractivity contribution is 7.11. The van der Waals surface area contributed by atoms with Crippen LogP contribution in [0.25, 0.3) is 0 Å². The highest BCUT2D eigenvalue weighted by atomic mass is 32.1. The average molecular weight is 278 g/mol. The first-order valence-electron chi connectivity index (χ1n) is 6.03. The molecule has 2 aromatic rings. The SMILES string of the molecule is COc1cc(Cc2sc(CN)nc2C)cc(OC)c1. The van der Waals surface area contributed by atoms with Crippen LogP contribution < -0.4 is 15.2 Å². The van der Waals surface area contributed by atoms with Crippen LogP contribution in [0.1, 0.15) is 21.1 Å². The minimum absolute atomic E-state index is 0.493. The van der Waals surface area contributed by atoms with Crippen LogP contribution in [-0.2, 0) is 13.0 Å². The largest absolute Gasteiger partial charge is 0.497 e. The number of rotatable bonds is 5. The van der Waals surface area contributed by atoms with Gasteiger partial charge in [-0.25, -0.2) is 4.98 Å². The molecule has 19 heavy (non-hydrogen) atoms. The van der Waals surface area contributed by atoms with Gasteiger partial charge in [-0.05, 0) is 24.6 Å². The van der Waals surface area contributed by atoms with Crippen molar-refractivity contribution in [3.05, 3.63) is 39.3 Å². The number of ether oxygens (including phenoxy) is 2. The molecule has 0 spiro atoms. The van der Waals surface area contributed by atoms with E-state index in [4.69, 9.17) is 15.2 Å². The Hall–Kier alpha value is -1.59. The van der Waals surface area contributed by atoms with Gasteiger partial charge >= 0.3 is 0 Å². The second-order valence-corrected chi connectivity index (χ2v) is 5.39. The van der Waals surface area contributed by atoms with E-state index in [0.29, 0.717) is 6.54 Å². The maximum absolute atomic E-state index is 5.62. The van der Waals surface area contributed by atoms with E-state index in [0.717, 1.165) is 34.2 Å². The third-order valence-corrected chi connectivity index (χ3v) is 4.07. The lowest BCUT2D eigenvalue weighted by Gasteiger charge is -2.08. The molecule has 0 aliphatic rings. The van der Waals surface area contributed by atoms with Gasteiger partial charge in [0.2, 0.25) is 0 Å². The van der Waals surface area contributed by atoms with Crippen LogP contribution >= 0.6 is 11.3 Å². The maximum atomic E-state index is 5.62. The lowest BCUT2D eigenvalue weighted by Crippen LogP contribution is -1.94. The van der Waals surface area contributed by atoms with Crippen molar-refractivity contribution in [3.63, 3.8) is 0 Å². The number of aryl methyl sites for hydroxylation is 1. The molecular weight excluding hydrogens is 260 g/mol. The second-order valence-electron chi connectivity index (χ2n) is 4.22. The van der Waals surface area contributed by atoms with Gasteiger partial charge in [0.15, 0.2) is 0 Å². The van der Waals surface area contributed by atoms with E-state index in [2.05, 4.69) is 4.98 Å². The van der Waals surface area contributed by atoms with Gasteiger partial charge in [0.25, 0.3) is 0 Å². The molecule has 0 amide bonds. The summed E-state index contributed by atoms with van der Waals surface area (Å²) in [5.74, 6) is 1.60. The molecule has 0 aliphatic carbocycles. The summed E-state index contributed by atoms with van der Waals surface area (Å²) in [7, 11) is 3.31. The van der Waals surface area contributed by atoms with Gasteiger partial charge in [-0.15, -0.1) is 11.3 Å². The fourth-order valence-corrected chi connectivity index (χ4v) is 2.88. The minimum atomic E-state index is 0.493. The summed E-state index contributed by atoms with van der Waals surface area (Å²) in [6, 6.07) is 5.90. The molecule has 1 heterocycles. The van der Waals surface area contributed by atoms with E-state index in [9.17, 15) is 0 Å². The summed E-state index contributed by atoms with van der Waals surface area (Å²) in [6.07, 6.45) is 0.817. The van der Waals surface area contributed by atoms with Crippen LogP contribution in [0.5, 0.6) is 11.5 Å². The molecule has 0 radical (unpaired) electrons. The van der Waals surface area contributed by atoms with Crippen molar-refractivity contribution in [3.8, 4) is 11.5 Å². The van der Waals surface area contributed by atoms with Gasteiger partial charge in [0.05, 0.1) is 19.9 Å². The first-order valence-corrected chi connectivity index (χ1v) is 6.85. The summed E-state index contributed by atoms with van der Waals surface area (Å²) < 4.78 is 10.6. The van der Waals surface area contributed by atoms with Crippen molar-refractivity contribution in [1.29, 1.82) is 0 Å². The normalized spacial score (nSPS) is 10.5. The van der Waals surface area contributed by atoms with E-state index in [1.165, 1.54) is 4.88 Å². The number of aromatic nitrogens is 1. The number of methoxy groups -OCH3 is 2. The molecule has 2 rings (SSSR count). The molecule has 5 heteroatoms. The molecule has 0 atom stereocenters. The number of hydrogen-bond acceptors (Lipinski definition) is 5. The first-order chi connectivity index (χ1) is 9.16. The highest BCUT2D eigenvalue weighted by Gasteiger charge is 2.09. The van der Waals surface area contributed by atoms with E-state index >= 15 is 0 Å². The Morgan fingerprint density at radius 3 is 2.26 bits per heavy atom. The average Bonchev–Trinajstić information content (AvgIpc) is 2.79. The molecule has 0 fully saturated rings. The predicted octanol–water partition coefficient (Wildman–Crippen LogP) is 2.52. The summed E-state index contributed by atoms with van der Waals surface area (Å²) in [5, 5.41) is 0.974. The Kier molecular flexibility index (Phi) is 4.39. The molecular formula is C14H18N2O2S. The van der Waals surface area contributed by atoms with Crippen molar-refractivity contribution in [2.24, 2.45) is 5.73 Å². The molecule has 1 aromatic carbocycles. The quantitative estimate of drug-likeness (QED) is 0.913. The Morgan fingerprint density at radius 2 is 1.79 bits per heavy atom. The number of hydrogen-bond donors (Lipinski definition) is 1. The predicted molar refractivity (Wildman–Crippen MR) is 77.1 cm³/mol. The lowest BCUT2D eigenvalue weighted by molar-refractivity contribution is 0.393. The van der Waals surface area contributed by atoms with Crippen LogP contribution in [0, 0.1) is 6.92 Å². The van der Waals surface area contributed by atoms with E-state index in [-0.39, 0.29) is 0 Å². The summed E-state index contributed by atoms with van der Waals surface area (Å²) in [6.45, 7) is 2.51. The third kappa shape index (κ3) is 3.24. The van der Waals surface area contributed by atoms with E-state index in [1.54, 1.807) is 25.6 Å². The molecule has 0 aliphatic heterocycles. The second kappa shape index (κ2) is 6.04. The van der Waals surface area contributed by atoms with Gasteiger partial charge in [-0.2, -0.15) is 0 Å². The van der Waals surface area contributed by atoms with Crippen molar-refractivity contribution >= 4 is 11.3 Å². The molecule has 0 saturated heterocycles. The number of thiazole rings is 1. The Balaban J connectivity index is 2.28. The highest BCUT2D eigenvalue weighted by Crippen LogP contribution is 2.27. The standard InChI is InChI=1S/C14H18N2O2S/c1-9-13(19-14(8-15)16-9)6-10-4-11(17-2)7-12(5-10)18-3/h4-5,7H,6,8,15H2,1-3H3. The summed E-state index contributed by atoms with van der Waals surface area (Å²) in [5.41, 5.74) is 7.82. The number of nitrogens with two attached hydrogens (primary N) is 1. The maximum Gasteiger partial charge on any atom is 0.122 e. The molecule has 102 valence electrons. The number of benzene rings is 1. The zero-order valence-corrected chi connectivity index (χ0v) is 12.2. The lowest BCUT2D eigenvalue weighted by atomic mass is 10.1. The molecule has 4 nitrogen and oxygen atoms in total. The van der Waals surface area contributed by atoms with Crippen molar-refractivity contribution in [2.75, 3.05) is 14.2 Å². The Bertz CT molecular complexity index is 544. The van der Waals surface area contributed by atoms with Gasteiger partial charge in [0.1, 0.15) is 16.5 Å². The molecule has 0 saturated carbocycles. The molecule has 0 unspecified atom stereocenters. The fourth-order valence-electron chi connectivity index (χ4n) is 1.89. The van der Waals surface area contributed by atoms with Crippen LogP contribution in [0.2, 0.25) is 0 Å². The molecule has 1 aromatic heterocycles. The van der Waals surface area contributed by atoms with E-state index in [1.807, 2.05) is 25.1 Å². The van der Waals surface area contributed by atoms with Gasteiger partial charge in [-0.3, -0.25) is 0 Å². The Morgan fingerprint density at radius 1 is 1.16 bits per heavy atom. The van der Waals surface area contributed by atoms with Gasteiger partial charge in [0, 0.05) is 23.9 Å². The van der Waals surface area contributed by atoms with Crippen LogP contribution in [0.3, 0.4) is 0 Å². The monoisotopic (exact) mass is 278 g/mol. The van der Waals surface area contributed by atoms with Crippen LogP contribution in [0.4, 0.5) is 0 Å². The minimum Gasteiger partial charge on any atom is -0.497 e. The first kappa shape index (κ1) is 13.8. The van der Waals surface area contributed by atoms with Crippen molar-refractivity contribution in [2.45, 2.75) is 19.9 Å². The zero-order chi connectivity index (χ0) is 13.8.